The molecule has 6 nitrogen and oxygen atoms in total. The number of carbonyl (C=O) groups is 1. The molecular formula is C28H31NO5. The van der Waals surface area contributed by atoms with E-state index in [-0.39, 0.29) is 0 Å². The summed E-state index contributed by atoms with van der Waals surface area (Å²) in [7, 11) is 1.66. The number of methoxy groups -OCH3 is 1. The number of anilines is 1. The third kappa shape index (κ3) is 5.18. The maximum absolute atomic E-state index is 12.9. The van der Waals surface area contributed by atoms with Gasteiger partial charge in [-0.25, -0.2) is 4.79 Å². The minimum absolute atomic E-state index is 0.399. The molecule has 0 saturated heterocycles. The van der Waals surface area contributed by atoms with Crippen molar-refractivity contribution < 1.29 is 23.7 Å². The second kappa shape index (κ2) is 10.2. The zero-order chi connectivity index (χ0) is 24.1. The highest BCUT2D eigenvalue weighted by atomic mass is 16.6. The predicted octanol–water partition coefficient (Wildman–Crippen LogP) is 5.78. The van der Waals surface area contributed by atoms with Crippen LogP contribution in [0.25, 0.3) is 0 Å². The van der Waals surface area contributed by atoms with E-state index in [1.54, 1.807) is 19.2 Å². The Morgan fingerprint density at radius 3 is 2.44 bits per heavy atom. The molecule has 0 fully saturated rings. The van der Waals surface area contributed by atoms with Gasteiger partial charge in [-0.05, 0) is 68.8 Å². The van der Waals surface area contributed by atoms with Crippen molar-refractivity contribution in [3.8, 4) is 11.5 Å². The summed E-state index contributed by atoms with van der Waals surface area (Å²) in [5.41, 5.74) is 2.64. The number of hydrogen-bond donors (Lipinski definition) is 1. The van der Waals surface area contributed by atoms with Crippen LogP contribution in [-0.2, 0) is 16.0 Å². The lowest BCUT2D eigenvalue weighted by Crippen LogP contribution is -2.51. The highest BCUT2D eigenvalue weighted by Crippen LogP contribution is 2.44. The number of esters is 1. The summed E-state index contributed by atoms with van der Waals surface area (Å²) in [5.74, 6) is 1.16. The summed E-state index contributed by atoms with van der Waals surface area (Å²) in [5, 5.41) is 3.45. The fourth-order valence-corrected chi connectivity index (χ4v) is 4.11. The molecule has 0 saturated carbocycles. The molecule has 3 aromatic carbocycles. The second-order valence-electron chi connectivity index (χ2n) is 8.73. The number of ether oxygens (including phenoxy) is 4. The van der Waals surface area contributed by atoms with Gasteiger partial charge >= 0.3 is 5.97 Å². The van der Waals surface area contributed by atoms with E-state index in [2.05, 4.69) is 5.32 Å². The maximum atomic E-state index is 12.9. The van der Waals surface area contributed by atoms with E-state index in [9.17, 15) is 4.79 Å². The Hall–Kier alpha value is -3.51. The van der Waals surface area contributed by atoms with Crippen LogP contribution in [0.3, 0.4) is 0 Å². The molecule has 2 atom stereocenters. The molecule has 1 aliphatic rings. The Morgan fingerprint density at radius 1 is 1.03 bits per heavy atom. The van der Waals surface area contributed by atoms with Crippen LogP contribution in [0.5, 0.6) is 11.5 Å². The van der Waals surface area contributed by atoms with Crippen molar-refractivity contribution in [2.45, 2.75) is 45.1 Å². The predicted molar refractivity (Wildman–Crippen MR) is 131 cm³/mol. The van der Waals surface area contributed by atoms with E-state index in [4.69, 9.17) is 18.9 Å². The number of carbonyl (C=O) groups excluding carboxylic acids is 1. The Labute approximate surface area is 200 Å². The molecule has 0 amide bonds. The molecular weight excluding hydrogens is 430 g/mol. The molecule has 0 spiro atoms. The lowest BCUT2D eigenvalue weighted by molar-refractivity contribution is -0.137. The zero-order valence-electron chi connectivity index (χ0n) is 20.0. The number of fused-ring (bicyclic) bond motifs is 1. The summed E-state index contributed by atoms with van der Waals surface area (Å²) in [6.45, 7) is 6.90. The monoisotopic (exact) mass is 461 g/mol. The molecule has 0 aromatic heterocycles. The van der Waals surface area contributed by atoms with Crippen LogP contribution in [0.2, 0.25) is 0 Å². The molecule has 178 valence electrons. The third-order valence-corrected chi connectivity index (χ3v) is 5.89. The standard InChI is InChI=1S/C28H31NO5/c1-5-32-25-23-17-21(29-18-19-11-14-22(31-4)15-12-19)13-16-24(23)34-28(2,3)26(25)33-27(30)20-9-7-6-8-10-20/h6-17,25-26,29H,5,18H2,1-4H3. The summed E-state index contributed by atoms with van der Waals surface area (Å²) < 4.78 is 23.6. The Bertz CT molecular complexity index is 1110. The first kappa shape index (κ1) is 23.6. The van der Waals surface area contributed by atoms with Crippen LogP contribution < -0.4 is 14.8 Å². The fourth-order valence-electron chi connectivity index (χ4n) is 4.11. The lowest BCUT2D eigenvalue weighted by atomic mass is 9.87. The van der Waals surface area contributed by atoms with Crippen LogP contribution >= 0.6 is 0 Å². The first-order valence-corrected chi connectivity index (χ1v) is 11.5. The van der Waals surface area contributed by atoms with Gasteiger partial charge in [-0.2, -0.15) is 0 Å². The van der Waals surface area contributed by atoms with Gasteiger partial charge in [0.05, 0.1) is 12.7 Å². The van der Waals surface area contributed by atoms with Crippen molar-refractivity contribution >= 4 is 11.7 Å². The van der Waals surface area contributed by atoms with E-state index in [0.717, 1.165) is 28.3 Å². The SMILES string of the molecule is CCOC1c2cc(NCc3ccc(OC)cc3)ccc2OC(C)(C)C1OC(=O)c1ccccc1. The fraction of sp³-hybridized carbons (Fsp3) is 0.321. The van der Waals surface area contributed by atoms with Gasteiger partial charge in [-0.1, -0.05) is 30.3 Å². The number of rotatable bonds is 8. The maximum Gasteiger partial charge on any atom is 0.338 e. The van der Waals surface area contributed by atoms with Crippen LogP contribution in [0, 0.1) is 0 Å². The van der Waals surface area contributed by atoms with Gasteiger partial charge in [0.1, 0.15) is 23.2 Å². The molecule has 1 aliphatic heterocycles. The molecule has 3 aromatic rings. The largest absolute Gasteiger partial charge is 0.497 e. The molecule has 0 aliphatic carbocycles. The molecule has 1 heterocycles. The van der Waals surface area contributed by atoms with Gasteiger partial charge in [0, 0.05) is 24.4 Å². The average Bonchev–Trinajstić information content (AvgIpc) is 2.85. The van der Waals surface area contributed by atoms with E-state index in [0.29, 0.717) is 18.7 Å². The quantitative estimate of drug-likeness (QED) is 0.429. The molecule has 4 rings (SSSR count). The number of benzene rings is 3. The van der Waals surface area contributed by atoms with Crippen LogP contribution in [0.15, 0.2) is 72.8 Å². The van der Waals surface area contributed by atoms with Crippen molar-refractivity contribution in [1.29, 1.82) is 0 Å². The minimum Gasteiger partial charge on any atom is -0.497 e. The molecule has 0 radical (unpaired) electrons. The second-order valence-corrected chi connectivity index (χ2v) is 8.73. The zero-order valence-corrected chi connectivity index (χ0v) is 20.0. The molecule has 34 heavy (non-hydrogen) atoms. The first-order chi connectivity index (χ1) is 16.4. The van der Waals surface area contributed by atoms with E-state index >= 15 is 0 Å². The Morgan fingerprint density at radius 2 is 1.76 bits per heavy atom. The van der Waals surface area contributed by atoms with Crippen LogP contribution in [0.4, 0.5) is 5.69 Å². The molecule has 0 bridgehead atoms. The molecule has 1 N–H and O–H groups in total. The van der Waals surface area contributed by atoms with Crippen molar-refractivity contribution in [2.75, 3.05) is 19.0 Å². The van der Waals surface area contributed by atoms with Gasteiger partial charge in [-0.15, -0.1) is 0 Å². The minimum atomic E-state index is -0.769. The Kier molecular flexibility index (Phi) is 7.08. The van der Waals surface area contributed by atoms with Gasteiger partial charge < -0.3 is 24.3 Å². The van der Waals surface area contributed by atoms with E-state index in [1.807, 2.05) is 81.4 Å². The smallest absolute Gasteiger partial charge is 0.338 e. The first-order valence-electron chi connectivity index (χ1n) is 11.5. The summed E-state index contributed by atoms with van der Waals surface area (Å²) in [6, 6.07) is 22.8. The van der Waals surface area contributed by atoms with Gasteiger partial charge in [0.2, 0.25) is 0 Å². The van der Waals surface area contributed by atoms with Crippen molar-refractivity contribution in [3.63, 3.8) is 0 Å². The van der Waals surface area contributed by atoms with Crippen molar-refractivity contribution in [2.24, 2.45) is 0 Å². The third-order valence-electron chi connectivity index (χ3n) is 5.89. The highest BCUT2D eigenvalue weighted by Gasteiger charge is 2.47. The molecule has 2 unspecified atom stereocenters. The summed E-state index contributed by atoms with van der Waals surface area (Å²) in [4.78, 5) is 12.9. The van der Waals surface area contributed by atoms with Crippen LogP contribution in [-0.4, -0.2) is 31.4 Å². The van der Waals surface area contributed by atoms with Crippen LogP contribution in [0.1, 0.15) is 48.4 Å². The highest BCUT2D eigenvalue weighted by molar-refractivity contribution is 5.89. The number of hydrogen-bond acceptors (Lipinski definition) is 6. The Balaban J connectivity index is 1.57. The van der Waals surface area contributed by atoms with Gasteiger partial charge in [0.15, 0.2) is 6.10 Å². The lowest BCUT2D eigenvalue weighted by Gasteiger charge is -2.43. The van der Waals surface area contributed by atoms with Gasteiger partial charge in [0.25, 0.3) is 0 Å². The number of nitrogens with one attached hydrogen (secondary N) is 1. The summed E-state index contributed by atoms with van der Waals surface area (Å²) in [6.07, 6.45) is -1.08. The van der Waals surface area contributed by atoms with Crippen molar-refractivity contribution in [3.05, 3.63) is 89.5 Å². The average molecular weight is 462 g/mol. The van der Waals surface area contributed by atoms with E-state index < -0.39 is 23.8 Å². The van der Waals surface area contributed by atoms with Crippen molar-refractivity contribution in [1.82, 2.24) is 0 Å². The topological polar surface area (TPSA) is 66.0 Å². The molecule has 6 heteroatoms. The van der Waals surface area contributed by atoms with E-state index in [1.165, 1.54) is 0 Å². The summed E-state index contributed by atoms with van der Waals surface area (Å²) >= 11 is 0. The van der Waals surface area contributed by atoms with Gasteiger partial charge in [-0.3, -0.25) is 0 Å². The normalized spacial score (nSPS) is 18.4.